The van der Waals surface area contributed by atoms with Gasteiger partial charge < -0.3 is 15.0 Å². The maximum Gasteiger partial charge on any atom is 0.248 e. The molecule has 2 aromatic rings. The van der Waals surface area contributed by atoms with Crippen LogP contribution in [-0.4, -0.2) is 49.6 Å². The van der Waals surface area contributed by atoms with Gasteiger partial charge in [0.25, 0.3) is 0 Å². The number of amides is 2. The summed E-state index contributed by atoms with van der Waals surface area (Å²) in [5.41, 5.74) is 1.68. The van der Waals surface area contributed by atoms with Crippen LogP contribution in [0.2, 0.25) is 0 Å². The number of rotatable bonds is 7. The Labute approximate surface area is 170 Å². The first-order valence-electron chi connectivity index (χ1n) is 9.64. The summed E-state index contributed by atoms with van der Waals surface area (Å²) in [5.74, 6) is -0.0375. The lowest BCUT2D eigenvalue weighted by Crippen LogP contribution is -2.47. The van der Waals surface area contributed by atoms with Crippen LogP contribution in [0.3, 0.4) is 0 Å². The first-order valence-corrected chi connectivity index (χ1v) is 10.5. The van der Waals surface area contributed by atoms with E-state index in [-0.39, 0.29) is 24.5 Å². The first-order chi connectivity index (χ1) is 13.4. The van der Waals surface area contributed by atoms with Gasteiger partial charge in [-0.05, 0) is 49.3 Å². The number of methoxy groups -OCH3 is 1. The molecule has 1 unspecified atom stereocenters. The molecular weight excluding hydrogens is 372 g/mol. The molecule has 1 aliphatic heterocycles. The van der Waals surface area contributed by atoms with Gasteiger partial charge in [0.2, 0.25) is 11.8 Å². The van der Waals surface area contributed by atoms with Crippen LogP contribution in [0, 0.1) is 5.41 Å². The summed E-state index contributed by atoms with van der Waals surface area (Å²) in [6.07, 6.45) is 1.26. The molecule has 28 heavy (non-hydrogen) atoms. The van der Waals surface area contributed by atoms with Gasteiger partial charge in [0, 0.05) is 31.1 Å². The van der Waals surface area contributed by atoms with Crippen molar-refractivity contribution in [1.82, 2.24) is 10.2 Å². The molecule has 3 rings (SSSR count). The van der Waals surface area contributed by atoms with E-state index in [1.165, 1.54) is 12.0 Å². The Bertz CT molecular complexity index is 819. The van der Waals surface area contributed by atoms with E-state index < -0.39 is 5.41 Å². The molecule has 1 aromatic heterocycles. The Morgan fingerprint density at radius 3 is 2.71 bits per heavy atom. The molecule has 150 valence electrons. The minimum Gasteiger partial charge on any atom is -0.375 e. The summed E-state index contributed by atoms with van der Waals surface area (Å²) in [5, 5.41) is 5.15. The number of ether oxygens (including phenoxy) is 1. The maximum atomic E-state index is 13.2. The Hall–Kier alpha value is -2.18. The van der Waals surface area contributed by atoms with Gasteiger partial charge in [-0.15, -0.1) is 11.3 Å². The van der Waals surface area contributed by atoms with Crippen LogP contribution >= 0.6 is 11.3 Å². The summed E-state index contributed by atoms with van der Waals surface area (Å²) in [6.45, 7) is 4.98. The van der Waals surface area contributed by atoms with Crippen LogP contribution < -0.4 is 5.32 Å². The van der Waals surface area contributed by atoms with E-state index in [1.54, 1.807) is 16.2 Å². The Morgan fingerprint density at radius 2 is 2.04 bits per heavy atom. The minimum absolute atomic E-state index is 0.0243. The van der Waals surface area contributed by atoms with Crippen molar-refractivity contribution < 1.29 is 14.3 Å². The zero-order valence-electron chi connectivity index (χ0n) is 16.7. The lowest BCUT2D eigenvalue weighted by atomic mass is 9.78. The zero-order chi connectivity index (χ0) is 20.1. The van der Waals surface area contributed by atoms with E-state index in [9.17, 15) is 9.59 Å². The molecule has 2 amide bonds. The normalized spacial score (nSPS) is 19.2. The van der Waals surface area contributed by atoms with Crippen molar-refractivity contribution in [2.24, 2.45) is 5.41 Å². The highest BCUT2D eigenvalue weighted by molar-refractivity contribution is 7.13. The molecule has 1 fully saturated rings. The van der Waals surface area contributed by atoms with Gasteiger partial charge in [-0.1, -0.05) is 30.3 Å². The number of likely N-dealkylation sites (tertiary alicyclic amines) is 1. The smallest absolute Gasteiger partial charge is 0.248 e. The zero-order valence-corrected chi connectivity index (χ0v) is 17.6. The average molecular weight is 401 g/mol. The van der Waals surface area contributed by atoms with Gasteiger partial charge in [0.05, 0.1) is 5.41 Å². The number of nitrogens with one attached hydrogen (secondary N) is 1. The first kappa shape index (κ1) is 20.6. The third kappa shape index (κ3) is 4.45. The van der Waals surface area contributed by atoms with E-state index >= 15 is 0 Å². The summed E-state index contributed by atoms with van der Waals surface area (Å²) < 4.78 is 5.01. The topological polar surface area (TPSA) is 58.6 Å². The van der Waals surface area contributed by atoms with Crippen LogP contribution in [0.25, 0.3) is 10.4 Å². The summed E-state index contributed by atoms with van der Waals surface area (Å²) >= 11 is 1.70. The Kier molecular flexibility index (Phi) is 6.52. The van der Waals surface area contributed by atoms with Gasteiger partial charge in [-0.3, -0.25) is 9.59 Å². The number of nitrogens with zero attached hydrogens (tertiary/aromatic N) is 1. The number of benzene rings is 1. The second kappa shape index (κ2) is 8.88. The lowest BCUT2D eigenvalue weighted by Gasteiger charge is -2.30. The van der Waals surface area contributed by atoms with Gasteiger partial charge >= 0.3 is 0 Å². The van der Waals surface area contributed by atoms with E-state index in [0.29, 0.717) is 25.9 Å². The van der Waals surface area contributed by atoms with Crippen LogP contribution in [0.15, 0.2) is 41.8 Å². The van der Waals surface area contributed by atoms with Crippen molar-refractivity contribution >= 4 is 23.2 Å². The number of hydrogen-bond donors (Lipinski definition) is 1. The Balaban J connectivity index is 1.92. The van der Waals surface area contributed by atoms with Gasteiger partial charge in [0.15, 0.2) is 0 Å². The second-order valence-electron chi connectivity index (χ2n) is 7.72. The number of carbonyl (C=O) groups excluding carboxylic acids is 2. The highest BCUT2D eigenvalue weighted by atomic mass is 32.1. The quantitative estimate of drug-likeness (QED) is 0.775. The highest BCUT2D eigenvalue weighted by Crippen LogP contribution is 2.38. The SMILES string of the molecule is COCC(=O)N1CCC(Cc2ccccc2-c2cccs2)(C(=O)NC(C)C)C1. The van der Waals surface area contributed by atoms with E-state index in [0.717, 1.165) is 11.1 Å². The number of carbonyl (C=O) groups is 2. The molecule has 1 saturated heterocycles. The van der Waals surface area contributed by atoms with Crippen molar-refractivity contribution in [2.45, 2.75) is 32.7 Å². The third-order valence-corrected chi connectivity index (χ3v) is 6.11. The van der Waals surface area contributed by atoms with Gasteiger partial charge in [-0.25, -0.2) is 0 Å². The maximum absolute atomic E-state index is 13.2. The third-order valence-electron chi connectivity index (χ3n) is 5.21. The molecule has 1 aromatic carbocycles. The van der Waals surface area contributed by atoms with Crippen LogP contribution in [-0.2, 0) is 20.7 Å². The van der Waals surface area contributed by atoms with Crippen molar-refractivity contribution in [3.8, 4) is 10.4 Å². The van der Waals surface area contributed by atoms with E-state index in [1.807, 2.05) is 32.0 Å². The monoisotopic (exact) mass is 400 g/mol. The standard InChI is InChI=1S/C22H28N2O3S/c1-16(2)23-21(26)22(10-11-24(15-22)20(25)14-27-3)13-17-7-4-5-8-18(17)19-9-6-12-28-19/h4-9,12,16H,10-11,13-15H2,1-3H3,(H,23,26). The summed E-state index contributed by atoms with van der Waals surface area (Å²) in [6, 6.07) is 12.5. The molecule has 0 bridgehead atoms. The van der Waals surface area contributed by atoms with Crippen molar-refractivity contribution in [3.63, 3.8) is 0 Å². The fraction of sp³-hybridized carbons (Fsp3) is 0.455. The average Bonchev–Trinajstić information content (AvgIpc) is 3.33. The van der Waals surface area contributed by atoms with Crippen LogP contribution in [0.4, 0.5) is 0 Å². The molecule has 0 aliphatic carbocycles. The molecule has 5 nitrogen and oxygen atoms in total. The molecule has 1 aliphatic rings. The van der Waals surface area contributed by atoms with Crippen LogP contribution in [0.5, 0.6) is 0 Å². The predicted molar refractivity (Wildman–Crippen MR) is 112 cm³/mol. The fourth-order valence-corrected chi connectivity index (χ4v) is 4.62. The predicted octanol–water partition coefficient (Wildman–Crippen LogP) is 3.35. The summed E-state index contributed by atoms with van der Waals surface area (Å²) in [7, 11) is 1.52. The van der Waals surface area contributed by atoms with Crippen LogP contribution in [0.1, 0.15) is 25.8 Å². The van der Waals surface area contributed by atoms with Gasteiger partial charge in [0.1, 0.15) is 6.61 Å². The molecular formula is C22H28N2O3S. The molecule has 1 N–H and O–H groups in total. The largest absolute Gasteiger partial charge is 0.375 e. The minimum atomic E-state index is -0.624. The molecule has 1 atom stereocenters. The van der Waals surface area contributed by atoms with Crippen molar-refractivity contribution in [3.05, 3.63) is 47.3 Å². The Morgan fingerprint density at radius 1 is 1.25 bits per heavy atom. The molecule has 6 heteroatoms. The van der Waals surface area contributed by atoms with Gasteiger partial charge in [-0.2, -0.15) is 0 Å². The molecule has 0 saturated carbocycles. The number of thiophene rings is 1. The highest BCUT2D eigenvalue weighted by Gasteiger charge is 2.46. The number of hydrogen-bond acceptors (Lipinski definition) is 4. The molecule has 0 spiro atoms. The fourth-order valence-electron chi connectivity index (χ4n) is 3.84. The second-order valence-corrected chi connectivity index (χ2v) is 8.67. The molecule has 2 heterocycles. The molecule has 0 radical (unpaired) electrons. The lowest BCUT2D eigenvalue weighted by molar-refractivity contribution is -0.136. The van der Waals surface area contributed by atoms with E-state index in [2.05, 4.69) is 28.9 Å². The van der Waals surface area contributed by atoms with E-state index in [4.69, 9.17) is 4.74 Å². The van der Waals surface area contributed by atoms with Crippen molar-refractivity contribution in [1.29, 1.82) is 0 Å². The summed E-state index contributed by atoms with van der Waals surface area (Å²) in [4.78, 5) is 28.5. The van der Waals surface area contributed by atoms with Crippen molar-refractivity contribution in [2.75, 3.05) is 26.8 Å².